The molecule has 3 aromatic carbocycles. The van der Waals surface area contributed by atoms with Gasteiger partial charge in [-0.25, -0.2) is 0 Å². The van der Waals surface area contributed by atoms with Crippen LogP contribution in [0, 0.1) is 0 Å². The first-order chi connectivity index (χ1) is 13.2. The van der Waals surface area contributed by atoms with Crippen molar-refractivity contribution < 1.29 is 14.6 Å². The van der Waals surface area contributed by atoms with Gasteiger partial charge < -0.3 is 14.6 Å². The van der Waals surface area contributed by atoms with Crippen molar-refractivity contribution in [2.45, 2.75) is 26.2 Å². The number of benzene rings is 3. The molecule has 0 amide bonds. The number of aliphatic hydroxyl groups is 1. The Kier molecular flexibility index (Phi) is 6.66. The third kappa shape index (κ3) is 6.01. The first-order valence-electron chi connectivity index (χ1n) is 9.04. The zero-order valence-corrected chi connectivity index (χ0v) is 15.4. The van der Waals surface area contributed by atoms with E-state index in [1.807, 2.05) is 84.9 Å². The Morgan fingerprint density at radius 2 is 1.33 bits per heavy atom. The third-order valence-corrected chi connectivity index (χ3v) is 4.01. The van der Waals surface area contributed by atoms with Crippen LogP contribution in [0.25, 0.3) is 6.08 Å². The minimum Gasteiger partial charge on any atom is -0.485 e. The largest absolute Gasteiger partial charge is 0.485 e. The standard InChI is InChI=1S/C24H24O3/c1-19(25)12-13-20-14-15-23(26-17-21-8-4-2-5-9-21)24(16-20)27-18-22-10-6-3-7-11-22/h2-16,19,25H,17-18H2,1H3. The van der Waals surface area contributed by atoms with E-state index in [4.69, 9.17) is 9.47 Å². The van der Waals surface area contributed by atoms with Crippen LogP contribution in [-0.2, 0) is 13.2 Å². The maximum Gasteiger partial charge on any atom is 0.162 e. The van der Waals surface area contributed by atoms with E-state index in [9.17, 15) is 5.11 Å². The highest BCUT2D eigenvalue weighted by atomic mass is 16.5. The molecule has 0 heterocycles. The van der Waals surface area contributed by atoms with Crippen LogP contribution in [0.2, 0.25) is 0 Å². The molecule has 0 spiro atoms. The Hall–Kier alpha value is -3.04. The van der Waals surface area contributed by atoms with Gasteiger partial charge in [-0.1, -0.05) is 78.9 Å². The van der Waals surface area contributed by atoms with E-state index >= 15 is 0 Å². The Bertz CT molecular complexity index is 855. The van der Waals surface area contributed by atoms with Gasteiger partial charge in [0.15, 0.2) is 11.5 Å². The van der Waals surface area contributed by atoms with E-state index in [-0.39, 0.29) is 0 Å². The summed E-state index contributed by atoms with van der Waals surface area (Å²) in [5, 5.41) is 9.46. The summed E-state index contributed by atoms with van der Waals surface area (Å²) in [6, 6.07) is 25.9. The summed E-state index contributed by atoms with van der Waals surface area (Å²) in [6.07, 6.45) is 3.12. The molecule has 1 N–H and O–H groups in total. The smallest absolute Gasteiger partial charge is 0.162 e. The second-order valence-corrected chi connectivity index (χ2v) is 6.35. The first-order valence-corrected chi connectivity index (χ1v) is 9.04. The van der Waals surface area contributed by atoms with E-state index < -0.39 is 6.10 Å². The number of rotatable bonds is 8. The molecule has 3 nitrogen and oxygen atoms in total. The van der Waals surface area contributed by atoms with Crippen molar-refractivity contribution in [3.63, 3.8) is 0 Å². The molecule has 3 heteroatoms. The molecule has 0 fully saturated rings. The van der Waals surface area contributed by atoms with E-state index in [0.717, 1.165) is 16.7 Å². The molecule has 3 aromatic rings. The highest BCUT2D eigenvalue weighted by Crippen LogP contribution is 2.30. The van der Waals surface area contributed by atoms with Crippen LogP contribution in [0.4, 0.5) is 0 Å². The van der Waals surface area contributed by atoms with Crippen molar-refractivity contribution in [1.29, 1.82) is 0 Å². The molecule has 0 aliphatic carbocycles. The molecule has 138 valence electrons. The van der Waals surface area contributed by atoms with Gasteiger partial charge >= 0.3 is 0 Å². The Morgan fingerprint density at radius 1 is 0.778 bits per heavy atom. The maximum absolute atomic E-state index is 9.46. The summed E-state index contributed by atoms with van der Waals surface area (Å²) >= 11 is 0. The average molecular weight is 360 g/mol. The number of hydrogen-bond acceptors (Lipinski definition) is 3. The second-order valence-electron chi connectivity index (χ2n) is 6.35. The van der Waals surface area contributed by atoms with Crippen molar-refractivity contribution in [3.8, 4) is 11.5 Å². The van der Waals surface area contributed by atoms with Crippen LogP contribution < -0.4 is 9.47 Å². The minimum atomic E-state index is -0.493. The average Bonchev–Trinajstić information content (AvgIpc) is 2.71. The van der Waals surface area contributed by atoms with Gasteiger partial charge in [-0.3, -0.25) is 0 Å². The molecule has 0 aromatic heterocycles. The molecule has 0 aliphatic rings. The molecule has 1 unspecified atom stereocenters. The topological polar surface area (TPSA) is 38.7 Å². The molecular formula is C24H24O3. The molecule has 3 rings (SSSR count). The zero-order valence-electron chi connectivity index (χ0n) is 15.4. The summed E-state index contributed by atoms with van der Waals surface area (Å²) in [5.74, 6) is 1.38. The fourth-order valence-electron chi connectivity index (χ4n) is 2.58. The number of aliphatic hydroxyl groups excluding tert-OH is 1. The lowest BCUT2D eigenvalue weighted by Gasteiger charge is -2.14. The van der Waals surface area contributed by atoms with Gasteiger partial charge in [-0.2, -0.15) is 0 Å². The second kappa shape index (κ2) is 9.60. The van der Waals surface area contributed by atoms with Gasteiger partial charge in [-0.05, 0) is 35.7 Å². The summed E-state index contributed by atoms with van der Waals surface area (Å²) in [5.41, 5.74) is 3.15. The molecule has 0 radical (unpaired) electrons. The highest BCUT2D eigenvalue weighted by Gasteiger charge is 2.07. The molecule has 0 saturated carbocycles. The van der Waals surface area contributed by atoms with Crippen LogP contribution in [0.3, 0.4) is 0 Å². The Balaban J connectivity index is 1.77. The van der Waals surface area contributed by atoms with E-state index in [0.29, 0.717) is 24.7 Å². The normalized spacial score (nSPS) is 12.1. The van der Waals surface area contributed by atoms with Crippen molar-refractivity contribution in [1.82, 2.24) is 0 Å². The fourth-order valence-corrected chi connectivity index (χ4v) is 2.58. The predicted molar refractivity (Wildman–Crippen MR) is 109 cm³/mol. The van der Waals surface area contributed by atoms with E-state index in [1.165, 1.54) is 0 Å². The third-order valence-electron chi connectivity index (χ3n) is 4.01. The Labute approximate surface area is 160 Å². The van der Waals surface area contributed by atoms with Crippen LogP contribution in [0.1, 0.15) is 23.6 Å². The fraction of sp³-hybridized carbons (Fsp3) is 0.167. The van der Waals surface area contributed by atoms with Gasteiger partial charge in [-0.15, -0.1) is 0 Å². The zero-order chi connectivity index (χ0) is 18.9. The van der Waals surface area contributed by atoms with Crippen LogP contribution in [0.15, 0.2) is 84.9 Å². The van der Waals surface area contributed by atoms with Crippen molar-refractivity contribution in [2.24, 2.45) is 0 Å². The molecular weight excluding hydrogens is 336 g/mol. The van der Waals surface area contributed by atoms with E-state index in [2.05, 4.69) is 0 Å². The van der Waals surface area contributed by atoms with Gasteiger partial charge in [0.2, 0.25) is 0 Å². The summed E-state index contributed by atoms with van der Waals surface area (Å²) in [7, 11) is 0. The van der Waals surface area contributed by atoms with Crippen molar-refractivity contribution in [3.05, 3.63) is 102 Å². The summed E-state index contributed by atoms with van der Waals surface area (Å²) in [6.45, 7) is 2.66. The van der Waals surface area contributed by atoms with Crippen LogP contribution in [0.5, 0.6) is 11.5 Å². The Morgan fingerprint density at radius 3 is 1.89 bits per heavy atom. The minimum absolute atomic E-state index is 0.464. The SMILES string of the molecule is CC(O)C=Cc1ccc(OCc2ccccc2)c(OCc2ccccc2)c1. The quantitative estimate of drug-likeness (QED) is 0.597. The highest BCUT2D eigenvalue weighted by molar-refractivity contribution is 5.56. The molecule has 1 atom stereocenters. The maximum atomic E-state index is 9.46. The molecule has 0 aliphatic heterocycles. The molecule has 0 saturated heterocycles. The number of ether oxygens (including phenoxy) is 2. The van der Waals surface area contributed by atoms with Gasteiger partial charge in [0.1, 0.15) is 13.2 Å². The van der Waals surface area contributed by atoms with Gasteiger partial charge in [0, 0.05) is 0 Å². The predicted octanol–water partition coefficient (Wildman–Crippen LogP) is 5.24. The van der Waals surface area contributed by atoms with Crippen molar-refractivity contribution >= 4 is 6.08 Å². The van der Waals surface area contributed by atoms with Crippen molar-refractivity contribution in [2.75, 3.05) is 0 Å². The lowest BCUT2D eigenvalue weighted by atomic mass is 10.1. The number of hydrogen-bond donors (Lipinski definition) is 1. The summed E-state index contributed by atoms with van der Waals surface area (Å²) in [4.78, 5) is 0. The lowest BCUT2D eigenvalue weighted by Crippen LogP contribution is -2.01. The van der Waals surface area contributed by atoms with Gasteiger partial charge in [0.05, 0.1) is 6.10 Å². The van der Waals surface area contributed by atoms with Crippen LogP contribution >= 0.6 is 0 Å². The van der Waals surface area contributed by atoms with Gasteiger partial charge in [0.25, 0.3) is 0 Å². The lowest BCUT2D eigenvalue weighted by molar-refractivity contribution is 0.245. The monoisotopic (exact) mass is 360 g/mol. The molecule has 27 heavy (non-hydrogen) atoms. The van der Waals surface area contributed by atoms with Crippen LogP contribution in [-0.4, -0.2) is 11.2 Å². The van der Waals surface area contributed by atoms with E-state index in [1.54, 1.807) is 13.0 Å². The first kappa shape index (κ1) is 18.7. The summed E-state index contributed by atoms with van der Waals surface area (Å²) < 4.78 is 12.0. The molecule has 0 bridgehead atoms.